The summed E-state index contributed by atoms with van der Waals surface area (Å²) in [5.41, 5.74) is -2.73. The highest BCUT2D eigenvalue weighted by atomic mass is 16.7. The van der Waals surface area contributed by atoms with Crippen molar-refractivity contribution in [2.45, 2.75) is 186 Å². The first kappa shape index (κ1) is 44.9. The Hall–Kier alpha value is -1.26. The number of aliphatic hydroxyl groups excluding tert-OH is 3. The Morgan fingerprint density at radius 3 is 2.20 bits per heavy atom. The van der Waals surface area contributed by atoms with Gasteiger partial charge in [-0.15, -0.1) is 0 Å². The summed E-state index contributed by atoms with van der Waals surface area (Å²) in [6.45, 7) is 17.6. The normalized spacial score (nSPS) is 34.6. The number of nitrogens with zero attached hydrogens (tertiary/aromatic N) is 1. The summed E-state index contributed by atoms with van der Waals surface area (Å²) in [6.07, 6.45) is -6.66. The fourth-order valence-corrected chi connectivity index (χ4v) is 7.23. The van der Waals surface area contributed by atoms with Crippen LogP contribution < -0.4 is 0 Å². The minimum Gasteiger partial charge on any atom is -0.462 e. The van der Waals surface area contributed by atoms with Crippen LogP contribution in [-0.2, 0) is 38.0 Å². The Kier molecular flexibility index (Phi) is 17.2. The van der Waals surface area contributed by atoms with Gasteiger partial charge in [-0.05, 0) is 81.3 Å². The van der Waals surface area contributed by atoms with Crippen molar-refractivity contribution in [3.8, 4) is 0 Å². The van der Waals surface area contributed by atoms with E-state index in [0.717, 1.165) is 0 Å². The summed E-state index contributed by atoms with van der Waals surface area (Å²) < 4.78 is 36.9. The van der Waals surface area contributed by atoms with Crippen LogP contribution >= 0.6 is 0 Å². The van der Waals surface area contributed by atoms with Crippen molar-refractivity contribution in [2.75, 3.05) is 21.2 Å². The first-order valence-electron chi connectivity index (χ1n) is 18.4. The van der Waals surface area contributed by atoms with Crippen LogP contribution in [0.2, 0.25) is 0 Å². The molecule has 0 spiro atoms. The molecule has 50 heavy (non-hydrogen) atoms. The number of hydrogen-bond acceptors (Lipinski definition) is 13. The number of likely N-dealkylation sites (N-methyl/N-ethyl adjacent to an activating group) is 1. The van der Waals surface area contributed by atoms with Gasteiger partial charge in [0.15, 0.2) is 12.6 Å². The first-order chi connectivity index (χ1) is 23.1. The van der Waals surface area contributed by atoms with Crippen molar-refractivity contribution in [3.63, 3.8) is 0 Å². The van der Waals surface area contributed by atoms with Crippen molar-refractivity contribution in [3.05, 3.63) is 0 Å². The predicted molar refractivity (Wildman–Crippen MR) is 187 cm³/mol. The Morgan fingerprint density at radius 2 is 1.66 bits per heavy atom. The molecule has 2 aliphatic heterocycles. The Balaban J connectivity index is 2.62. The Labute approximate surface area is 300 Å². The molecule has 2 heterocycles. The van der Waals surface area contributed by atoms with Crippen LogP contribution in [0.4, 0.5) is 0 Å². The first-order valence-corrected chi connectivity index (χ1v) is 18.4. The van der Waals surface area contributed by atoms with Crippen molar-refractivity contribution in [2.24, 2.45) is 17.8 Å². The number of hydrogen-bond donors (Lipinski definition) is 4. The maximum atomic E-state index is 13.6. The molecule has 294 valence electrons. The minimum absolute atomic E-state index is 0.0456. The van der Waals surface area contributed by atoms with E-state index >= 15 is 0 Å². The van der Waals surface area contributed by atoms with Crippen LogP contribution in [0.1, 0.15) is 108 Å². The molecule has 4 N–H and O–H groups in total. The fourth-order valence-electron chi connectivity index (χ4n) is 7.23. The molecule has 0 aliphatic carbocycles. The molecule has 13 heteroatoms. The third kappa shape index (κ3) is 11.6. The van der Waals surface area contributed by atoms with Gasteiger partial charge in [0.2, 0.25) is 0 Å². The van der Waals surface area contributed by atoms with Gasteiger partial charge in [0.05, 0.1) is 53.7 Å². The van der Waals surface area contributed by atoms with E-state index in [0.29, 0.717) is 19.3 Å². The zero-order valence-electron chi connectivity index (χ0n) is 32.8. The smallest absolute Gasteiger partial charge is 0.311 e. The van der Waals surface area contributed by atoms with Crippen LogP contribution in [0.3, 0.4) is 0 Å². The summed E-state index contributed by atoms with van der Waals surface area (Å²) in [5.74, 6) is -3.04. The molecular weight excluding hydrogens is 650 g/mol. The molecule has 13 nitrogen and oxygen atoms in total. The number of Topliss-reactive ketones (excluding diaryl/α,β-unsaturated/α-hetero) is 1. The summed E-state index contributed by atoms with van der Waals surface area (Å²) in [6, 6.07) is -0.299. The van der Waals surface area contributed by atoms with Gasteiger partial charge in [-0.1, -0.05) is 27.7 Å². The highest BCUT2D eigenvalue weighted by Gasteiger charge is 2.51. The van der Waals surface area contributed by atoms with Gasteiger partial charge in [0.25, 0.3) is 0 Å². The Bertz CT molecular complexity index is 1060. The number of ether oxygens (including phenoxy) is 6. The van der Waals surface area contributed by atoms with Crippen LogP contribution in [0.15, 0.2) is 0 Å². The summed E-state index contributed by atoms with van der Waals surface area (Å²) >= 11 is 0. The van der Waals surface area contributed by atoms with Gasteiger partial charge in [-0.2, -0.15) is 0 Å². The summed E-state index contributed by atoms with van der Waals surface area (Å²) in [4.78, 5) is 28.7. The highest BCUT2D eigenvalue weighted by molar-refractivity contribution is 5.81. The average Bonchev–Trinajstić information content (AvgIpc) is 3.04. The molecule has 0 aromatic carbocycles. The molecule has 16 atom stereocenters. The number of methoxy groups -OCH3 is 1. The lowest BCUT2D eigenvalue weighted by Gasteiger charge is -2.48. The molecule has 2 saturated heterocycles. The number of ketones is 1. The molecule has 0 amide bonds. The number of carbonyl (C=O) groups is 2. The van der Waals surface area contributed by atoms with E-state index in [1.165, 1.54) is 7.11 Å². The number of carbonyl (C=O) groups excluding carboxylic acids is 2. The number of esters is 1. The van der Waals surface area contributed by atoms with E-state index in [9.17, 15) is 30.0 Å². The van der Waals surface area contributed by atoms with Crippen LogP contribution in [0.5, 0.6) is 0 Å². The van der Waals surface area contributed by atoms with E-state index in [4.69, 9.17) is 28.4 Å². The molecule has 0 bridgehead atoms. The lowest BCUT2D eigenvalue weighted by molar-refractivity contribution is -0.317. The maximum absolute atomic E-state index is 13.6. The fraction of sp³-hybridized carbons (Fsp3) is 0.946. The largest absolute Gasteiger partial charge is 0.462 e. The van der Waals surface area contributed by atoms with Crippen molar-refractivity contribution in [1.82, 2.24) is 4.90 Å². The minimum atomic E-state index is -1.72. The summed E-state index contributed by atoms with van der Waals surface area (Å²) in [5, 5.41) is 44.8. The van der Waals surface area contributed by atoms with Gasteiger partial charge in [0, 0.05) is 37.8 Å². The van der Waals surface area contributed by atoms with Crippen LogP contribution in [0.25, 0.3) is 0 Å². The van der Waals surface area contributed by atoms with Crippen molar-refractivity contribution in [1.29, 1.82) is 0 Å². The second kappa shape index (κ2) is 19.2. The monoisotopic (exact) mass is 719 g/mol. The van der Waals surface area contributed by atoms with E-state index < -0.39 is 84.1 Å². The molecule has 2 aliphatic rings. The van der Waals surface area contributed by atoms with Crippen molar-refractivity contribution >= 4 is 11.8 Å². The molecule has 0 aromatic heterocycles. The van der Waals surface area contributed by atoms with Gasteiger partial charge in [-0.3, -0.25) is 9.59 Å². The lowest BCUT2D eigenvalue weighted by atomic mass is 9.77. The number of rotatable bonds is 19. The third-order valence-corrected chi connectivity index (χ3v) is 10.9. The van der Waals surface area contributed by atoms with Gasteiger partial charge < -0.3 is 53.7 Å². The number of aliphatic hydroxyl groups is 4. The van der Waals surface area contributed by atoms with E-state index in [1.54, 1.807) is 55.4 Å². The van der Waals surface area contributed by atoms with E-state index in [2.05, 4.69) is 0 Å². The topological polar surface area (TPSA) is 174 Å². The van der Waals surface area contributed by atoms with Gasteiger partial charge in [0.1, 0.15) is 18.0 Å². The second-order valence-electron chi connectivity index (χ2n) is 15.7. The molecule has 9 unspecified atom stereocenters. The zero-order valence-corrected chi connectivity index (χ0v) is 32.8. The lowest BCUT2D eigenvalue weighted by Crippen LogP contribution is -2.60. The second-order valence-corrected chi connectivity index (χ2v) is 15.7. The molecule has 2 fully saturated rings. The van der Waals surface area contributed by atoms with Gasteiger partial charge >= 0.3 is 5.97 Å². The SMILES string of the molecule is CCC(C)OC(=O)C(C)[C@@H](OC1C[C@@](C)(OC)C(O)[C@H](C)O1)C(C)[C@@H](OC1OC(C)C[C@H](N(C)C)C1O)[C@](C)(O)CC(C)C(=O)C[C@@H](O)CC. The molecule has 0 saturated carbocycles. The third-order valence-electron chi connectivity index (χ3n) is 10.9. The molecular formula is C37H69NO12. The zero-order chi connectivity index (χ0) is 38.3. The van der Waals surface area contributed by atoms with Crippen molar-refractivity contribution < 1.29 is 58.4 Å². The standard InChI is InChI=1S/C37H69NO12/c1-14-21(4)46-34(43)24(7)31(49-29-19-37(10,45-13)32(42)25(8)48-29)23(6)33(36(9,44)18-20(3)28(40)17-26(39)15-2)50-35-30(41)27(38(11)12)16-22(5)47-35/h20-27,29-33,35,39,41-42,44H,14-19H2,1-13H3/t20?,21?,22?,23?,24?,25-,26-,27-,29?,30?,31-,32?,33+,35?,36+,37+/m0/s1. The highest BCUT2D eigenvalue weighted by Crippen LogP contribution is 2.39. The average molecular weight is 720 g/mol. The molecule has 2 rings (SSSR count). The molecule has 0 radical (unpaired) electrons. The predicted octanol–water partition coefficient (Wildman–Crippen LogP) is 3.20. The van der Waals surface area contributed by atoms with Crippen LogP contribution in [0, 0.1) is 17.8 Å². The molecule has 0 aromatic rings. The van der Waals surface area contributed by atoms with Crippen LogP contribution in [-0.4, -0.2) is 137 Å². The quantitative estimate of drug-likeness (QED) is 0.144. The Morgan fingerprint density at radius 1 is 1.04 bits per heavy atom. The maximum Gasteiger partial charge on any atom is 0.311 e. The van der Waals surface area contributed by atoms with E-state index in [-0.39, 0.29) is 43.3 Å². The summed E-state index contributed by atoms with van der Waals surface area (Å²) in [7, 11) is 5.23. The van der Waals surface area contributed by atoms with Gasteiger partial charge in [-0.25, -0.2) is 0 Å². The van der Waals surface area contributed by atoms with E-state index in [1.807, 2.05) is 32.8 Å².